The molecule has 1 unspecified atom stereocenters. The Bertz CT molecular complexity index is 688. The maximum Gasteiger partial charge on any atom is 0.176 e. The van der Waals surface area contributed by atoms with Crippen molar-refractivity contribution in [3.8, 4) is 12.1 Å². The molecule has 0 N–H and O–H groups in total. The Morgan fingerprint density at radius 2 is 1.76 bits per heavy atom. The lowest BCUT2D eigenvalue weighted by Crippen LogP contribution is -2.29. The van der Waals surface area contributed by atoms with E-state index in [0.29, 0.717) is 18.6 Å². The van der Waals surface area contributed by atoms with E-state index in [0.717, 1.165) is 24.0 Å². The van der Waals surface area contributed by atoms with Gasteiger partial charge in [-0.15, -0.1) is 0 Å². The number of unbranched alkanes of at least 4 members (excludes halogenated alkanes) is 5. The van der Waals surface area contributed by atoms with Gasteiger partial charge >= 0.3 is 0 Å². The highest BCUT2D eigenvalue weighted by Gasteiger charge is 2.29. The fraction of sp³-hybridized carbons (Fsp3) is 0.455. The number of allylic oxidation sites excluding steroid dienone is 2. The van der Waals surface area contributed by atoms with E-state index in [1.165, 1.54) is 25.7 Å². The largest absolute Gasteiger partial charge is 0.356 e. The van der Waals surface area contributed by atoms with Gasteiger partial charge in [0, 0.05) is 13.0 Å². The number of hydrogen-bond donors (Lipinski definition) is 0. The zero-order valence-corrected chi connectivity index (χ0v) is 15.0. The van der Waals surface area contributed by atoms with Crippen LogP contribution in [0.4, 0.5) is 0 Å². The van der Waals surface area contributed by atoms with Crippen LogP contribution in [0.15, 0.2) is 42.5 Å². The molecule has 1 aromatic rings. The van der Waals surface area contributed by atoms with E-state index in [2.05, 4.69) is 19.1 Å². The summed E-state index contributed by atoms with van der Waals surface area (Å²) >= 11 is 0. The smallest absolute Gasteiger partial charge is 0.176 e. The van der Waals surface area contributed by atoms with Crippen LogP contribution in [-0.2, 0) is 4.74 Å². The zero-order chi connectivity index (χ0) is 18.0. The van der Waals surface area contributed by atoms with Crippen molar-refractivity contribution in [2.24, 2.45) is 0 Å². The predicted octanol–water partition coefficient (Wildman–Crippen LogP) is 5.54. The van der Waals surface area contributed by atoms with E-state index >= 15 is 0 Å². The number of hydrogen-bond acceptors (Lipinski definition) is 3. The Hall–Kier alpha value is -2.36. The third-order valence-electron chi connectivity index (χ3n) is 4.55. The highest BCUT2D eigenvalue weighted by molar-refractivity contribution is 5.76. The Kier molecular flexibility index (Phi) is 7.45. The van der Waals surface area contributed by atoms with Gasteiger partial charge in [-0.1, -0.05) is 63.3 Å². The number of nitriles is 2. The summed E-state index contributed by atoms with van der Waals surface area (Å²) in [4.78, 5) is 0. The van der Waals surface area contributed by atoms with Crippen LogP contribution in [0.5, 0.6) is 0 Å². The van der Waals surface area contributed by atoms with Crippen molar-refractivity contribution in [2.45, 2.75) is 57.5 Å². The molecule has 1 aliphatic carbocycles. The van der Waals surface area contributed by atoms with Gasteiger partial charge in [-0.25, -0.2) is 0 Å². The van der Waals surface area contributed by atoms with Crippen molar-refractivity contribution in [2.75, 3.05) is 6.61 Å². The highest BCUT2D eigenvalue weighted by atomic mass is 16.5. The number of benzene rings is 1. The third kappa shape index (κ3) is 5.59. The van der Waals surface area contributed by atoms with Gasteiger partial charge < -0.3 is 4.74 Å². The molecule has 0 radical (unpaired) electrons. The minimum Gasteiger partial charge on any atom is -0.356 e. The van der Waals surface area contributed by atoms with Crippen LogP contribution in [0.1, 0.15) is 63.0 Å². The summed E-state index contributed by atoms with van der Waals surface area (Å²) < 4.78 is 5.91. The molecule has 0 aliphatic heterocycles. The number of nitrogens with zero attached hydrogens (tertiary/aromatic N) is 2. The van der Waals surface area contributed by atoms with Crippen LogP contribution in [-0.4, -0.2) is 12.2 Å². The summed E-state index contributed by atoms with van der Waals surface area (Å²) in [6, 6.07) is 11.9. The summed E-state index contributed by atoms with van der Waals surface area (Å²) in [6.07, 6.45) is 13.7. The molecule has 0 spiro atoms. The first-order valence-electron chi connectivity index (χ1n) is 9.18. The molecule has 1 atom stereocenters. The molecular weight excluding hydrogens is 308 g/mol. The van der Waals surface area contributed by atoms with E-state index in [9.17, 15) is 5.26 Å². The van der Waals surface area contributed by atoms with Crippen molar-refractivity contribution in [1.82, 2.24) is 0 Å². The van der Waals surface area contributed by atoms with Crippen molar-refractivity contribution in [3.05, 3.63) is 53.6 Å². The van der Waals surface area contributed by atoms with Crippen molar-refractivity contribution < 1.29 is 4.74 Å². The van der Waals surface area contributed by atoms with Gasteiger partial charge in [0.2, 0.25) is 0 Å². The number of rotatable bonds is 9. The molecule has 1 aromatic carbocycles. The molecule has 3 heteroatoms. The first-order valence-corrected chi connectivity index (χ1v) is 9.18. The first-order chi connectivity index (χ1) is 12.2. The fourth-order valence-electron chi connectivity index (χ4n) is 2.93. The Morgan fingerprint density at radius 3 is 2.36 bits per heavy atom. The van der Waals surface area contributed by atoms with Crippen LogP contribution in [0.2, 0.25) is 0 Å². The lowest BCUT2D eigenvalue weighted by atomic mass is 9.90. The summed E-state index contributed by atoms with van der Waals surface area (Å²) in [5, 5.41) is 18.4. The van der Waals surface area contributed by atoms with Gasteiger partial charge in [0.15, 0.2) is 5.60 Å². The van der Waals surface area contributed by atoms with Crippen molar-refractivity contribution in [3.63, 3.8) is 0 Å². The van der Waals surface area contributed by atoms with Crippen molar-refractivity contribution >= 4 is 5.57 Å². The molecule has 0 amide bonds. The zero-order valence-electron chi connectivity index (χ0n) is 15.0. The maximum absolute atomic E-state index is 9.55. The van der Waals surface area contributed by atoms with Gasteiger partial charge in [0.25, 0.3) is 0 Å². The molecular formula is C22H26N2O. The Balaban J connectivity index is 1.84. The Morgan fingerprint density at radius 1 is 1.04 bits per heavy atom. The van der Waals surface area contributed by atoms with E-state index in [4.69, 9.17) is 10.00 Å². The SMILES string of the molecule is CCCCCCCCOC1(C#N)C=CC(c2ccc(C#N)cc2)=CC1. The first kappa shape index (κ1) is 19.0. The third-order valence-corrected chi connectivity index (χ3v) is 4.55. The highest BCUT2D eigenvalue weighted by Crippen LogP contribution is 2.29. The lowest BCUT2D eigenvalue weighted by molar-refractivity contribution is 0.0323. The quantitative estimate of drug-likeness (QED) is 0.557. The van der Waals surface area contributed by atoms with Crippen molar-refractivity contribution in [1.29, 1.82) is 10.5 Å². The van der Waals surface area contributed by atoms with Crippen LogP contribution < -0.4 is 0 Å². The van der Waals surface area contributed by atoms with Crippen LogP contribution in [0.25, 0.3) is 5.57 Å². The van der Waals surface area contributed by atoms with E-state index < -0.39 is 5.60 Å². The van der Waals surface area contributed by atoms with E-state index in [-0.39, 0.29) is 0 Å². The molecule has 1 aliphatic rings. The van der Waals surface area contributed by atoms with E-state index in [1.807, 2.05) is 42.5 Å². The molecule has 0 aromatic heterocycles. The molecule has 0 bridgehead atoms. The Labute approximate surface area is 151 Å². The molecule has 0 fully saturated rings. The second kappa shape index (κ2) is 9.82. The summed E-state index contributed by atoms with van der Waals surface area (Å²) in [6.45, 7) is 2.85. The van der Waals surface area contributed by atoms with Gasteiger partial charge in [0.05, 0.1) is 11.6 Å². The summed E-state index contributed by atoms with van der Waals surface area (Å²) in [5.41, 5.74) is 1.94. The molecule has 0 heterocycles. The lowest BCUT2D eigenvalue weighted by Gasteiger charge is -2.25. The average molecular weight is 334 g/mol. The van der Waals surface area contributed by atoms with Gasteiger partial charge in [0.1, 0.15) is 6.07 Å². The summed E-state index contributed by atoms with van der Waals surface area (Å²) in [7, 11) is 0. The molecule has 0 saturated carbocycles. The monoisotopic (exact) mass is 334 g/mol. The summed E-state index contributed by atoms with van der Waals surface area (Å²) in [5.74, 6) is 0. The molecule has 130 valence electrons. The predicted molar refractivity (Wildman–Crippen MR) is 101 cm³/mol. The topological polar surface area (TPSA) is 56.8 Å². The molecule has 25 heavy (non-hydrogen) atoms. The molecule has 2 rings (SSSR count). The van der Waals surface area contributed by atoms with Crippen LogP contribution in [0, 0.1) is 22.7 Å². The average Bonchev–Trinajstić information content (AvgIpc) is 2.68. The van der Waals surface area contributed by atoms with E-state index in [1.54, 1.807) is 0 Å². The number of ether oxygens (including phenoxy) is 1. The van der Waals surface area contributed by atoms with Gasteiger partial charge in [-0.3, -0.25) is 0 Å². The molecule has 0 saturated heterocycles. The maximum atomic E-state index is 9.55. The second-order valence-electron chi connectivity index (χ2n) is 6.50. The minimum absolute atomic E-state index is 0.561. The molecule has 3 nitrogen and oxygen atoms in total. The van der Waals surface area contributed by atoms with Crippen LogP contribution >= 0.6 is 0 Å². The van der Waals surface area contributed by atoms with Crippen LogP contribution in [0.3, 0.4) is 0 Å². The minimum atomic E-state index is -0.834. The van der Waals surface area contributed by atoms with Gasteiger partial charge in [-0.05, 0) is 35.8 Å². The van der Waals surface area contributed by atoms with Gasteiger partial charge in [-0.2, -0.15) is 10.5 Å². The fourth-order valence-corrected chi connectivity index (χ4v) is 2.93. The normalized spacial score (nSPS) is 19.1. The standard InChI is InChI=1S/C22H26N2O/c1-2-3-4-5-6-7-16-25-22(18-24)14-12-21(13-15-22)20-10-8-19(17-23)9-11-20/h8-14H,2-7,15-16H2,1H3. The second-order valence-corrected chi connectivity index (χ2v) is 6.50.